The van der Waals surface area contributed by atoms with E-state index in [1.807, 2.05) is 88.9 Å². The number of hydrogen-bond donors (Lipinski definition) is 1. The van der Waals surface area contributed by atoms with Gasteiger partial charge in [-0.2, -0.15) is 0 Å². The lowest BCUT2D eigenvalue weighted by atomic mass is 9.83. The van der Waals surface area contributed by atoms with Crippen molar-refractivity contribution in [2.24, 2.45) is 0 Å². The number of carboxylic acid groups (broad SMARTS) is 1. The molecule has 0 fully saturated rings. The molecule has 1 N–H and O–H groups in total. The fourth-order valence-electron chi connectivity index (χ4n) is 5.50. The number of hydrogen-bond acceptors (Lipinski definition) is 4. The van der Waals surface area contributed by atoms with Crippen LogP contribution in [0.2, 0.25) is 0 Å². The molecule has 38 heavy (non-hydrogen) atoms. The molecule has 0 saturated heterocycles. The number of benzene rings is 3. The number of aliphatic carboxylic acids is 1. The Morgan fingerprint density at radius 3 is 2.24 bits per heavy atom. The van der Waals surface area contributed by atoms with Crippen LogP contribution >= 0.6 is 0 Å². The summed E-state index contributed by atoms with van der Waals surface area (Å²) in [5, 5.41) is 11.2. The summed E-state index contributed by atoms with van der Waals surface area (Å²) < 4.78 is 11.8. The van der Waals surface area contributed by atoms with Crippen LogP contribution in [0.5, 0.6) is 0 Å². The monoisotopic (exact) mass is 511 g/mol. The SMILES string of the molecule is Cc1ccc(-c2c(C)c3c(c(C)c2C(OC(C)(C)C)C(=O)O)CN(C(=O)c2cccc4ccoc24)C3)cc1. The van der Waals surface area contributed by atoms with Crippen molar-refractivity contribution < 1.29 is 23.8 Å². The van der Waals surface area contributed by atoms with E-state index in [1.165, 1.54) is 0 Å². The van der Waals surface area contributed by atoms with Gasteiger partial charge in [-0.15, -0.1) is 0 Å². The normalized spacial score (nSPS) is 14.1. The average molecular weight is 512 g/mol. The minimum absolute atomic E-state index is 0.111. The Labute approximate surface area is 222 Å². The van der Waals surface area contributed by atoms with Crippen LogP contribution in [0.4, 0.5) is 0 Å². The van der Waals surface area contributed by atoms with E-state index in [0.717, 1.165) is 44.3 Å². The van der Waals surface area contributed by atoms with E-state index in [1.54, 1.807) is 12.3 Å². The van der Waals surface area contributed by atoms with Gasteiger partial charge >= 0.3 is 5.97 Å². The van der Waals surface area contributed by atoms with E-state index in [2.05, 4.69) is 0 Å². The molecule has 0 aliphatic carbocycles. The summed E-state index contributed by atoms with van der Waals surface area (Å²) in [4.78, 5) is 28.2. The van der Waals surface area contributed by atoms with Crippen molar-refractivity contribution in [2.75, 3.05) is 0 Å². The van der Waals surface area contributed by atoms with Gasteiger partial charge in [0.15, 0.2) is 6.10 Å². The third kappa shape index (κ3) is 4.50. The summed E-state index contributed by atoms with van der Waals surface area (Å²) in [6, 6.07) is 15.5. The Morgan fingerprint density at radius 1 is 0.947 bits per heavy atom. The summed E-state index contributed by atoms with van der Waals surface area (Å²) in [5.74, 6) is -1.15. The predicted molar refractivity (Wildman–Crippen MR) is 147 cm³/mol. The van der Waals surface area contributed by atoms with Crippen molar-refractivity contribution in [1.82, 2.24) is 4.90 Å². The zero-order chi connectivity index (χ0) is 27.4. The molecule has 0 spiro atoms. The number of carboxylic acids is 1. The number of carbonyl (C=O) groups is 2. The fraction of sp³-hybridized carbons (Fsp3) is 0.312. The van der Waals surface area contributed by atoms with Crippen molar-refractivity contribution in [1.29, 1.82) is 0 Å². The van der Waals surface area contributed by atoms with Crippen molar-refractivity contribution in [2.45, 2.75) is 66.3 Å². The second kappa shape index (κ2) is 9.44. The minimum Gasteiger partial charge on any atom is -0.479 e. The van der Waals surface area contributed by atoms with Crippen LogP contribution in [-0.2, 0) is 22.6 Å². The van der Waals surface area contributed by atoms with Gasteiger partial charge in [-0.25, -0.2) is 4.79 Å². The molecule has 1 aliphatic heterocycles. The molecule has 4 aromatic rings. The number of nitrogens with zero attached hydrogens (tertiary/aromatic N) is 1. The van der Waals surface area contributed by atoms with E-state index in [0.29, 0.717) is 29.8 Å². The van der Waals surface area contributed by atoms with Gasteiger partial charge in [-0.1, -0.05) is 42.0 Å². The van der Waals surface area contributed by atoms with Gasteiger partial charge in [0, 0.05) is 24.0 Å². The highest BCUT2D eigenvalue weighted by molar-refractivity contribution is 6.05. The standard InChI is InChI=1S/C32H33NO5/c1-18-10-12-21(13-11-18)26-19(2)24-16-33(30(34)23-9-7-8-22-14-15-37-28(22)23)17-25(24)20(3)27(26)29(31(35)36)38-32(4,5)6/h7-15,29H,16-17H2,1-6H3,(H,35,36). The third-order valence-corrected chi connectivity index (χ3v) is 7.31. The van der Waals surface area contributed by atoms with Crippen LogP contribution in [0, 0.1) is 20.8 Å². The van der Waals surface area contributed by atoms with E-state index in [-0.39, 0.29) is 5.91 Å². The lowest BCUT2D eigenvalue weighted by Gasteiger charge is -2.29. The molecule has 1 unspecified atom stereocenters. The molecule has 2 heterocycles. The number of carbonyl (C=O) groups excluding carboxylic acids is 1. The molecule has 0 bridgehead atoms. The molecule has 1 aliphatic rings. The maximum atomic E-state index is 13.7. The highest BCUT2D eigenvalue weighted by atomic mass is 16.5. The van der Waals surface area contributed by atoms with Gasteiger partial charge in [-0.3, -0.25) is 4.79 Å². The number of furan rings is 1. The van der Waals surface area contributed by atoms with Gasteiger partial charge in [-0.05, 0) is 87.1 Å². The third-order valence-electron chi connectivity index (χ3n) is 7.31. The number of amides is 1. The number of aryl methyl sites for hydroxylation is 1. The Balaban J connectivity index is 1.66. The predicted octanol–water partition coefficient (Wildman–Crippen LogP) is 7.12. The topological polar surface area (TPSA) is 80.0 Å². The number of ether oxygens (including phenoxy) is 1. The zero-order valence-electron chi connectivity index (χ0n) is 22.7. The second-order valence-electron chi connectivity index (χ2n) is 11.1. The smallest absolute Gasteiger partial charge is 0.337 e. The zero-order valence-corrected chi connectivity index (χ0v) is 22.7. The average Bonchev–Trinajstić information content (AvgIpc) is 3.52. The first-order chi connectivity index (χ1) is 18.0. The van der Waals surface area contributed by atoms with Crippen LogP contribution in [0.15, 0.2) is 59.2 Å². The van der Waals surface area contributed by atoms with E-state index in [9.17, 15) is 14.7 Å². The molecule has 6 nitrogen and oxygen atoms in total. The highest BCUT2D eigenvalue weighted by Crippen LogP contribution is 2.44. The Bertz CT molecular complexity index is 1560. The van der Waals surface area contributed by atoms with E-state index >= 15 is 0 Å². The van der Waals surface area contributed by atoms with Gasteiger partial charge in [0.1, 0.15) is 5.58 Å². The number of rotatable bonds is 5. The Kier molecular flexibility index (Phi) is 6.40. The van der Waals surface area contributed by atoms with Crippen molar-refractivity contribution in [3.63, 3.8) is 0 Å². The van der Waals surface area contributed by atoms with Crippen molar-refractivity contribution in [3.05, 3.63) is 93.7 Å². The molecule has 5 rings (SSSR count). The molecule has 1 amide bonds. The molecule has 1 aromatic heterocycles. The first kappa shape index (κ1) is 25.7. The van der Waals surface area contributed by atoms with Crippen LogP contribution < -0.4 is 0 Å². The van der Waals surface area contributed by atoms with Crippen LogP contribution in [0.3, 0.4) is 0 Å². The summed E-state index contributed by atoms with van der Waals surface area (Å²) >= 11 is 0. The number of para-hydroxylation sites is 1. The largest absolute Gasteiger partial charge is 0.479 e. The van der Waals surface area contributed by atoms with Gasteiger partial charge < -0.3 is 19.2 Å². The Hall–Kier alpha value is -3.90. The molecular weight excluding hydrogens is 478 g/mol. The first-order valence-corrected chi connectivity index (χ1v) is 12.8. The molecule has 0 radical (unpaired) electrons. The molecule has 6 heteroatoms. The van der Waals surface area contributed by atoms with Gasteiger partial charge in [0.25, 0.3) is 5.91 Å². The maximum absolute atomic E-state index is 13.7. The quantitative estimate of drug-likeness (QED) is 0.309. The molecule has 3 aromatic carbocycles. The lowest BCUT2D eigenvalue weighted by molar-refractivity contribution is -0.160. The van der Waals surface area contributed by atoms with Crippen molar-refractivity contribution >= 4 is 22.8 Å². The maximum Gasteiger partial charge on any atom is 0.337 e. The Morgan fingerprint density at radius 2 is 1.61 bits per heavy atom. The first-order valence-electron chi connectivity index (χ1n) is 12.8. The van der Waals surface area contributed by atoms with E-state index < -0.39 is 17.7 Å². The number of fused-ring (bicyclic) bond motifs is 2. The van der Waals surface area contributed by atoms with Gasteiger partial charge in [0.05, 0.1) is 17.4 Å². The van der Waals surface area contributed by atoms with Crippen LogP contribution in [-0.4, -0.2) is 27.5 Å². The fourth-order valence-corrected chi connectivity index (χ4v) is 5.50. The summed E-state index contributed by atoms with van der Waals surface area (Å²) in [5.41, 5.74) is 7.86. The van der Waals surface area contributed by atoms with Crippen LogP contribution in [0.25, 0.3) is 22.1 Å². The van der Waals surface area contributed by atoms with E-state index in [4.69, 9.17) is 9.15 Å². The van der Waals surface area contributed by atoms with Crippen LogP contribution in [0.1, 0.15) is 70.6 Å². The molecular formula is C32H33NO5. The molecule has 1 atom stereocenters. The summed E-state index contributed by atoms with van der Waals surface area (Å²) in [6.07, 6.45) is 0.437. The van der Waals surface area contributed by atoms with Crippen molar-refractivity contribution in [3.8, 4) is 11.1 Å². The molecule has 196 valence electrons. The molecule has 0 saturated carbocycles. The van der Waals surface area contributed by atoms with Gasteiger partial charge in [0.2, 0.25) is 0 Å². The lowest BCUT2D eigenvalue weighted by Crippen LogP contribution is -2.28. The summed E-state index contributed by atoms with van der Waals surface area (Å²) in [6.45, 7) is 12.4. The highest BCUT2D eigenvalue weighted by Gasteiger charge is 2.36. The summed E-state index contributed by atoms with van der Waals surface area (Å²) in [7, 11) is 0. The minimum atomic E-state index is -1.16. The second-order valence-corrected chi connectivity index (χ2v) is 11.1.